The smallest absolute Gasteiger partial charge is 0.265 e. The van der Waals surface area contributed by atoms with Crippen LogP contribution in [0.15, 0.2) is 42.5 Å². The zero-order valence-electron chi connectivity index (χ0n) is 14.2. The number of hydrogen-bond donors (Lipinski definition) is 1. The van der Waals surface area contributed by atoms with E-state index in [4.69, 9.17) is 18.9 Å². The molecule has 1 amide bonds. The molecular formula is C18H21NO5. The van der Waals surface area contributed by atoms with Crippen molar-refractivity contribution < 1.29 is 23.7 Å². The van der Waals surface area contributed by atoms with E-state index in [1.165, 1.54) is 7.11 Å². The quantitative estimate of drug-likeness (QED) is 0.844. The molecular weight excluding hydrogens is 310 g/mol. The first kappa shape index (κ1) is 17.5. The molecule has 0 aliphatic heterocycles. The molecule has 0 radical (unpaired) electrons. The molecule has 0 saturated carbocycles. The van der Waals surface area contributed by atoms with Crippen LogP contribution in [0.3, 0.4) is 0 Å². The topological polar surface area (TPSA) is 66.0 Å². The van der Waals surface area contributed by atoms with Crippen LogP contribution in [0.2, 0.25) is 0 Å². The molecule has 0 aliphatic rings. The monoisotopic (exact) mass is 331 g/mol. The van der Waals surface area contributed by atoms with E-state index in [1.807, 2.05) is 0 Å². The fourth-order valence-corrected chi connectivity index (χ4v) is 2.06. The summed E-state index contributed by atoms with van der Waals surface area (Å²) >= 11 is 0. The van der Waals surface area contributed by atoms with Gasteiger partial charge in [0.2, 0.25) is 0 Å². The molecule has 0 unspecified atom stereocenters. The molecule has 2 aromatic carbocycles. The normalized spacial score (nSPS) is 11.3. The first-order chi connectivity index (χ1) is 11.6. The third kappa shape index (κ3) is 4.32. The van der Waals surface area contributed by atoms with Crippen LogP contribution in [0.4, 0.5) is 5.69 Å². The average Bonchev–Trinajstić information content (AvgIpc) is 2.62. The van der Waals surface area contributed by atoms with E-state index in [2.05, 4.69) is 5.32 Å². The molecule has 0 bridgehead atoms. The van der Waals surface area contributed by atoms with Gasteiger partial charge < -0.3 is 24.3 Å². The van der Waals surface area contributed by atoms with Gasteiger partial charge in [0.05, 0.1) is 27.0 Å². The van der Waals surface area contributed by atoms with Crippen LogP contribution >= 0.6 is 0 Å². The minimum atomic E-state index is -0.686. The van der Waals surface area contributed by atoms with Gasteiger partial charge in [0, 0.05) is 6.07 Å². The van der Waals surface area contributed by atoms with Crippen LogP contribution < -0.4 is 24.3 Å². The van der Waals surface area contributed by atoms with Crippen molar-refractivity contribution >= 4 is 11.6 Å². The van der Waals surface area contributed by atoms with E-state index in [1.54, 1.807) is 63.6 Å². The molecule has 128 valence electrons. The van der Waals surface area contributed by atoms with Crippen LogP contribution in [-0.2, 0) is 4.79 Å². The van der Waals surface area contributed by atoms with E-state index in [-0.39, 0.29) is 5.91 Å². The second-order valence-corrected chi connectivity index (χ2v) is 4.99. The van der Waals surface area contributed by atoms with Crippen LogP contribution in [0.5, 0.6) is 23.0 Å². The highest BCUT2D eigenvalue weighted by atomic mass is 16.5. The van der Waals surface area contributed by atoms with Gasteiger partial charge in [-0.3, -0.25) is 4.79 Å². The molecule has 0 fully saturated rings. The summed E-state index contributed by atoms with van der Waals surface area (Å²) in [5.74, 6) is 2.17. The van der Waals surface area contributed by atoms with Gasteiger partial charge in [0.25, 0.3) is 5.91 Å². The van der Waals surface area contributed by atoms with Gasteiger partial charge in [-0.25, -0.2) is 0 Å². The summed E-state index contributed by atoms with van der Waals surface area (Å²) in [6.07, 6.45) is -0.686. The molecule has 0 aliphatic carbocycles. The summed E-state index contributed by atoms with van der Waals surface area (Å²) in [4.78, 5) is 12.4. The summed E-state index contributed by atoms with van der Waals surface area (Å²) in [5.41, 5.74) is 0.520. The molecule has 6 heteroatoms. The Bertz CT molecular complexity index is 684. The van der Waals surface area contributed by atoms with Gasteiger partial charge in [-0.15, -0.1) is 0 Å². The van der Waals surface area contributed by atoms with Crippen LogP contribution in [0, 0.1) is 0 Å². The van der Waals surface area contributed by atoms with Gasteiger partial charge in [0.1, 0.15) is 23.0 Å². The summed E-state index contributed by atoms with van der Waals surface area (Å²) in [6, 6.07) is 12.2. The number of nitrogens with one attached hydrogen (secondary N) is 1. The van der Waals surface area contributed by atoms with Crippen molar-refractivity contribution in [2.45, 2.75) is 13.0 Å². The van der Waals surface area contributed by atoms with Crippen molar-refractivity contribution in [2.24, 2.45) is 0 Å². The lowest BCUT2D eigenvalue weighted by atomic mass is 10.2. The Hall–Kier alpha value is -2.89. The number of rotatable bonds is 7. The maximum absolute atomic E-state index is 12.4. The van der Waals surface area contributed by atoms with E-state index in [9.17, 15) is 4.79 Å². The van der Waals surface area contributed by atoms with Crippen molar-refractivity contribution in [3.63, 3.8) is 0 Å². The molecule has 2 aromatic rings. The first-order valence-electron chi connectivity index (χ1n) is 7.41. The zero-order valence-corrected chi connectivity index (χ0v) is 14.2. The summed E-state index contributed by atoms with van der Waals surface area (Å²) in [5, 5.41) is 2.79. The molecule has 6 nitrogen and oxygen atoms in total. The third-order valence-corrected chi connectivity index (χ3v) is 3.41. The number of benzene rings is 2. The number of carbonyl (C=O) groups excluding carboxylic acids is 1. The highest BCUT2D eigenvalue weighted by Gasteiger charge is 2.17. The lowest BCUT2D eigenvalue weighted by Gasteiger charge is -2.17. The van der Waals surface area contributed by atoms with Crippen molar-refractivity contribution in [1.82, 2.24) is 0 Å². The van der Waals surface area contributed by atoms with Crippen LogP contribution in [0.1, 0.15) is 6.92 Å². The van der Waals surface area contributed by atoms with E-state index in [0.29, 0.717) is 22.9 Å². The predicted octanol–water partition coefficient (Wildman–Crippen LogP) is 3.12. The van der Waals surface area contributed by atoms with E-state index < -0.39 is 6.10 Å². The molecule has 2 rings (SSSR count). The number of amides is 1. The summed E-state index contributed by atoms with van der Waals surface area (Å²) < 4.78 is 21.1. The summed E-state index contributed by atoms with van der Waals surface area (Å²) in [6.45, 7) is 1.67. The van der Waals surface area contributed by atoms with E-state index in [0.717, 1.165) is 5.75 Å². The largest absolute Gasteiger partial charge is 0.497 e. The Morgan fingerprint density at radius 2 is 1.46 bits per heavy atom. The second kappa shape index (κ2) is 8.10. The Morgan fingerprint density at radius 3 is 2.04 bits per heavy atom. The molecule has 0 spiro atoms. The van der Waals surface area contributed by atoms with Crippen LogP contribution in [-0.4, -0.2) is 33.3 Å². The molecule has 1 N–H and O–H groups in total. The third-order valence-electron chi connectivity index (χ3n) is 3.41. The van der Waals surface area contributed by atoms with Crippen molar-refractivity contribution in [1.29, 1.82) is 0 Å². The van der Waals surface area contributed by atoms with Crippen LogP contribution in [0.25, 0.3) is 0 Å². The lowest BCUT2D eigenvalue weighted by Crippen LogP contribution is -2.30. The zero-order chi connectivity index (χ0) is 17.5. The Balaban J connectivity index is 2.05. The van der Waals surface area contributed by atoms with Gasteiger partial charge in [-0.2, -0.15) is 0 Å². The Labute approximate surface area is 141 Å². The minimum Gasteiger partial charge on any atom is -0.497 e. The fraction of sp³-hybridized carbons (Fsp3) is 0.278. The minimum absolute atomic E-state index is 0.294. The molecule has 0 saturated heterocycles. The second-order valence-electron chi connectivity index (χ2n) is 4.99. The van der Waals surface area contributed by atoms with Gasteiger partial charge in [-0.1, -0.05) is 0 Å². The highest BCUT2D eigenvalue weighted by molar-refractivity contribution is 5.95. The number of carbonyl (C=O) groups is 1. The molecule has 0 heterocycles. The van der Waals surface area contributed by atoms with Crippen molar-refractivity contribution in [2.75, 3.05) is 26.6 Å². The molecule has 0 aromatic heterocycles. The number of methoxy groups -OCH3 is 3. The highest BCUT2D eigenvalue weighted by Crippen LogP contribution is 2.29. The average molecular weight is 331 g/mol. The first-order valence-corrected chi connectivity index (χ1v) is 7.41. The maximum atomic E-state index is 12.4. The SMILES string of the molecule is COc1ccc(O[C@@H](C)C(=O)Nc2cc(OC)ccc2OC)cc1. The number of ether oxygens (including phenoxy) is 4. The Morgan fingerprint density at radius 1 is 0.875 bits per heavy atom. The van der Waals surface area contributed by atoms with Gasteiger partial charge in [0.15, 0.2) is 6.10 Å². The molecule has 1 atom stereocenters. The predicted molar refractivity (Wildman–Crippen MR) is 91.3 cm³/mol. The van der Waals surface area contributed by atoms with E-state index >= 15 is 0 Å². The summed E-state index contributed by atoms with van der Waals surface area (Å²) in [7, 11) is 4.69. The number of hydrogen-bond acceptors (Lipinski definition) is 5. The van der Waals surface area contributed by atoms with Crippen molar-refractivity contribution in [3.8, 4) is 23.0 Å². The van der Waals surface area contributed by atoms with Gasteiger partial charge >= 0.3 is 0 Å². The maximum Gasteiger partial charge on any atom is 0.265 e. The fourth-order valence-electron chi connectivity index (χ4n) is 2.06. The Kier molecular flexibility index (Phi) is 5.89. The standard InChI is InChI=1S/C18H21NO5/c1-12(24-14-7-5-13(21-2)6-8-14)18(20)19-16-11-15(22-3)9-10-17(16)23-4/h5-12H,1-4H3,(H,19,20)/t12-/m0/s1. The lowest BCUT2D eigenvalue weighted by molar-refractivity contribution is -0.122. The molecule has 24 heavy (non-hydrogen) atoms. The van der Waals surface area contributed by atoms with Crippen molar-refractivity contribution in [3.05, 3.63) is 42.5 Å². The van der Waals surface area contributed by atoms with Gasteiger partial charge in [-0.05, 0) is 43.3 Å². The number of anilines is 1.